The zero-order chi connectivity index (χ0) is 8.20. The molecule has 0 saturated heterocycles. The third kappa shape index (κ3) is 3.18. The van der Waals surface area contributed by atoms with Crippen molar-refractivity contribution in [1.29, 1.82) is 0 Å². The average Bonchev–Trinajstić information content (AvgIpc) is 1.87. The van der Waals surface area contributed by atoms with Crippen LogP contribution in [0.1, 0.15) is 33.6 Å². The van der Waals surface area contributed by atoms with E-state index in [0.29, 0.717) is 18.8 Å². The number of aliphatic hydroxyl groups is 2. The highest BCUT2D eigenvalue weighted by molar-refractivity contribution is 4.76. The predicted octanol–water partition coefficient (Wildman–Crippen LogP) is 1.17. The molecule has 0 aromatic carbocycles. The number of hydrogen-bond acceptors (Lipinski definition) is 2. The van der Waals surface area contributed by atoms with E-state index in [-0.39, 0.29) is 6.61 Å². The SMILES string of the molecule is CCC(O)(CO)CC(C)C. The molecule has 2 heteroatoms. The molecular formula is C8H18O2. The van der Waals surface area contributed by atoms with E-state index in [2.05, 4.69) is 0 Å². The second-order valence-electron chi connectivity index (χ2n) is 3.33. The lowest BCUT2D eigenvalue weighted by Crippen LogP contribution is -2.33. The summed E-state index contributed by atoms with van der Waals surface area (Å²) in [5.41, 5.74) is -0.839. The van der Waals surface area contributed by atoms with E-state index >= 15 is 0 Å². The molecular weight excluding hydrogens is 128 g/mol. The molecule has 0 fully saturated rings. The van der Waals surface area contributed by atoms with Crippen LogP contribution in [-0.4, -0.2) is 22.4 Å². The molecule has 0 spiro atoms. The Morgan fingerprint density at radius 1 is 1.40 bits per heavy atom. The van der Waals surface area contributed by atoms with Gasteiger partial charge in [-0.25, -0.2) is 0 Å². The van der Waals surface area contributed by atoms with Gasteiger partial charge >= 0.3 is 0 Å². The van der Waals surface area contributed by atoms with Crippen molar-refractivity contribution in [3.63, 3.8) is 0 Å². The summed E-state index contributed by atoms with van der Waals surface area (Å²) in [5, 5.41) is 18.3. The fourth-order valence-electron chi connectivity index (χ4n) is 1.08. The van der Waals surface area contributed by atoms with Crippen molar-refractivity contribution in [1.82, 2.24) is 0 Å². The lowest BCUT2D eigenvalue weighted by molar-refractivity contribution is -0.0329. The second kappa shape index (κ2) is 3.94. The van der Waals surface area contributed by atoms with Gasteiger partial charge in [-0.05, 0) is 18.8 Å². The van der Waals surface area contributed by atoms with Gasteiger partial charge in [-0.2, -0.15) is 0 Å². The average molecular weight is 146 g/mol. The first kappa shape index (κ1) is 9.92. The van der Waals surface area contributed by atoms with Gasteiger partial charge in [0.05, 0.1) is 12.2 Å². The van der Waals surface area contributed by atoms with Crippen LogP contribution in [0.15, 0.2) is 0 Å². The summed E-state index contributed by atoms with van der Waals surface area (Å²) in [5.74, 6) is 0.442. The van der Waals surface area contributed by atoms with Crippen LogP contribution in [0.2, 0.25) is 0 Å². The molecule has 0 aromatic heterocycles. The standard InChI is InChI=1S/C8H18O2/c1-4-8(10,6-9)5-7(2)3/h7,9-10H,4-6H2,1-3H3. The highest BCUT2D eigenvalue weighted by Crippen LogP contribution is 2.19. The van der Waals surface area contributed by atoms with Crippen molar-refractivity contribution in [2.24, 2.45) is 5.92 Å². The minimum absolute atomic E-state index is 0.123. The minimum Gasteiger partial charge on any atom is -0.393 e. The fourth-order valence-corrected chi connectivity index (χ4v) is 1.08. The Bertz CT molecular complexity index is 85.3. The Morgan fingerprint density at radius 3 is 2.00 bits per heavy atom. The summed E-state index contributed by atoms with van der Waals surface area (Å²) in [4.78, 5) is 0. The van der Waals surface area contributed by atoms with Gasteiger partial charge in [0.2, 0.25) is 0 Å². The van der Waals surface area contributed by atoms with Crippen molar-refractivity contribution < 1.29 is 10.2 Å². The largest absolute Gasteiger partial charge is 0.393 e. The maximum absolute atomic E-state index is 9.55. The lowest BCUT2D eigenvalue weighted by atomic mass is 9.91. The normalized spacial score (nSPS) is 17.4. The highest BCUT2D eigenvalue weighted by Gasteiger charge is 2.24. The molecule has 0 aliphatic carbocycles. The van der Waals surface area contributed by atoms with Crippen molar-refractivity contribution in [3.8, 4) is 0 Å². The van der Waals surface area contributed by atoms with Gasteiger partial charge in [-0.1, -0.05) is 20.8 Å². The van der Waals surface area contributed by atoms with Crippen LogP contribution in [0.4, 0.5) is 0 Å². The van der Waals surface area contributed by atoms with E-state index in [1.807, 2.05) is 20.8 Å². The van der Waals surface area contributed by atoms with E-state index in [1.165, 1.54) is 0 Å². The van der Waals surface area contributed by atoms with Crippen LogP contribution in [0.3, 0.4) is 0 Å². The van der Waals surface area contributed by atoms with Crippen LogP contribution in [-0.2, 0) is 0 Å². The maximum Gasteiger partial charge on any atom is 0.0877 e. The minimum atomic E-state index is -0.839. The number of hydrogen-bond donors (Lipinski definition) is 2. The second-order valence-corrected chi connectivity index (χ2v) is 3.33. The fraction of sp³-hybridized carbons (Fsp3) is 1.00. The van der Waals surface area contributed by atoms with Crippen molar-refractivity contribution in [2.75, 3.05) is 6.61 Å². The monoisotopic (exact) mass is 146 g/mol. The van der Waals surface area contributed by atoms with Gasteiger partial charge in [0.15, 0.2) is 0 Å². The Labute approximate surface area is 62.9 Å². The molecule has 0 amide bonds. The summed E-state index contributed by atoms with van der Waals surface area (Å²) in [6, 6.07) is 0. The molecule has 0 saturated carbocycles. The van der Waals surface area contributed by atoms with E-state index in [4.69, 9.17) is 5.11 Å². The molecule has 0 heterocycles. The van der Waals surface area contributed by atoms with Crippen LogP contribution in [0.5, 0.6) is 0 Å². The highest BCUT2D eigenvalue weighted by atomic mass is 16.3. The first-order valence-corrected chi connectivity index (χ1v) is 3.87. The first-order valence-electron chi connectivity index (χ1n) is 3.87. The molecule has 1 unspecified atom stereocenters. The van der Waals surface area contributed by atoms with Crippen LogP contribution in [0, 0.1) is 5.92 Å². The Morgan fingerprint density at radius 2 is 1.90 bits per heavy atom. The van der Waals surface area contributed by atoms with Gasteiger partial charge in [0, 0.05) is 0 Å². The summed E-state index contributed by atoms with van der Waals surface area (Å²) in [6.07, 6.45) is 1.31. The number of rotatable bonds is 4. The molecule has 0 radical (unpaired) electrons. The topological polar surface area (TPSA) is 40.5 Å². The van der Waals surface area contributed by atoms with Crippen LogP contribution >= 0.6 is 0 Å². The third-order valence-corrected chi connectivity index (χ3v) is 1.74. The summed E-state index contributed by atoms with van der Waals surface area (Å²) >= 11 is 0. The van der Waals surface area contributed by atoms with Crippen LogP contribution in [0.25, 0.3) is 0 Å². The molecule has 2 N–H and O–H groups in total. The van der Waals surface area contributed by atoms with Gasteiger partial charge in [0.1, 0.15) is 0 Å². The Hall–Kier alpha value is -0.0800. The summed E-state index contributed by atoms with van der Waals surface area (Å²) in [7, 11) is 0. The van der Waals surface area contributed by atoms with Gasteiger partial charge < -0.3 is 10.2 Å². The van der Waals surface area contributed by atoms with Crippen molar-refractivity contribution in [3.05, 3.63) is 0 Å². The van der Waals surface area contributed by atoms with Gasteiger partial charge in [-0.3, -0.25) is 0 Å². The molecule has 1 atom stereocenters. The van der Waals surface area contributed by atoms with Gasteiger partial charge in [0.25, 0.3) is 0 Å². The molecule has 0 bridgehead atoms. The molecule has 10 heavy (non-hydrogen) atoms. The van der Waals surface area contributed by atoms with E-state index in [0.717, 1.165) is 0 Å². The molecule has 0 aromatic rings. The van der Waals surface area contributed by atoms with Gasteiger partial charge in [-0.15, -0.1) is 0 Å². The zero-order valence-corrected chi connectivity index (χ0v) is 7.09. The Kier molecular flexibility index (Phi) is 3.91. The Balaban J connectivity index is 3.80. The first-order chi connectivity index (χ1) is 4.54. The van der Waals surface area contributed by atoms with E-state index in [1.54, 1.807) is 0 Å². The predicted molar refractivity (Wildman–Crippen MR) is 41.8 cm³/mol. The maximum atomic E-state index is 9.55. The summed E-state index contributed by atoms with van der Waals surface area (Å²) < 4.78 is 0. The van der Waals surface area contributed by atoms with Crippen molar-refractivity contribution in [2.45, 2.75) is 39.2 Å². The van der Waals surface area contributed by atoms with E-state index in [9.17, 15) is 5.11 Å². The molecule has 62 valence electrons. The lowest BCUT2D eigenvalue weighted by Gasteiger charge is -2.25. The molecule has 0 aliphatic rings. The molecule has 0 aliphatic heterocycles. The molecule has 2 nitrogen and oxygen atoms in total. The summed E-state index contributed by atoms with van der Waals surface area (Å²) in [6.45, 7) is 5.84. The third-order valence-electron chi connectivity index (χ3n) is 1.74. The number of aliphatic hydroxyl groups excluding tert-OH is 1. The molecule has 0 rings (SSSR count). The van der Waals surface area contributed by atoms with E-state index < -0.39 is 5.60 Å². The quantitative estimate of drug-likeness (QED) is 0.625. The smallest absolute Gasteiger partial charge is 0.0877 e. The zero-order valence-electron chi connectivity index (χ0n) is 7.09. The van der Waals surface area contributed by atoms with Crippen LogP contribution < -0.4 is 0 Å². The van der Waals surface area contributed by atoms with Crippen molar-refractivity contribution >= 4 is 0 Å².